The van der Waals surface area contributed by atoms with Gasteiger partial charge < -0.3 is 15.8 Å². The van der Waals surface area contributed by atoms with Crippen molar-refractivity contribution in [1.82, 2.24) is 5.32 Å². The monoisotopic (exact) mass is 366 g/mol. The summed E-state index contributed by atoms with van der Waals surface area (Å²) < 4.78 is 43.0. The van der Waals surface area contributed by atoms with E-state index in [4.69, 9.17) is 10.5 Å². The average Bonchev–Trinajstić information content (AvgIpc) is 2.53. The van der Waals surface area contributed by atoms with Crippen molar-refractivity contribution in [2.45, 2.75) is 37.9 Å². The van der Waals surface area contributed by atoms with E-state index in [1.165, 1.54) is 12.1 Å². The Morgan fingerprint density at radius 2 is 2.00 bits per heavy atom. The van der Waals surface area contributed by atoms with Crippen LogP contribution in [0.15, 0.2) is 24.3 Å². The standard InChI is InChI=1S/C16H21F3N2O2.ClH/c17-16(18,19)12-5-3-6-13(8-12)23-10-15(22)21-14-7-2-1-4-11(14)9-20;/h3,5-6,8,11,14H,1-2,4,7,9-10,20H2,(H,21,22);1H. The van der Waals surface area contributed by atoms with Crippen LogP contribution >= 0.6 is 12.4 Å². The normalized spacial score (nSPS) is 20.8. The lowest BCUT2D eigenvalue weighted by Crippen LogP contribution is -2.46. The molecule has 1 aromatic carbocycles. The highest BCUT2D eigenvalue weighted by molar-refractivity contribution is 5.85. The van der Waals surface area contributed by atoms with Gasteiger partial charge in [-0.1, -0.05) is 18.9 Å². The molecule has 1 aliphatic carbocycles. The molecule has 1 aliphatic rings. The summed E-state index contributed by atoms with van der Waals surface area (Å²) in [5.74, 6) is -0.0667. The first kappa shape index (κ1) is 20.6. The van der Waals surface area contributed by atoms with Gasteiger partial charge in [-0.3, -0.25) is 4.79 Å². The van der Waals surface area contributed by atoms with E-state index in [9.17, 15) is 18.0 Å². The molecule has 24 heavy (non-hydrogen) atoms. The Bertz CT molecular complexity index is 540. The Morgan fingerprint density at radius 1 is 1.29 bits per heavy atom. The van der Waals surface area contributed by atoms with E-state index in [-0.39, 0.29) is 42.6 Å². The molecule has 1 amide bonds. The Morgan fingerprint density at radius 3 is 2.67 bits per heavy atom. The van der Waals surface area contributed by atoms with Gasteiger partial charge >= 0.3 is 6.18 Å². The average molecular weight is 367 g/mol. The van der Waals surface area contributed by atoms with E-state index in [1.54, 1.807) is 0 Å². The molecule has 2 rings (SSSR count). The number of nitrogens with one attached hydrogen (secondary N) is 1. The smallest absolute Gasteiger partial charge is 0.416 e. The number of hydrogen-bond acceptors (Lipinski definition) is 3. The van der Waals surface area contributed by atoms with Gasteiger partial charge in [0.15, 0.2) is 6.61 Å². The maximum atomic E-state index is 12.6. The zero-order valence-electron chi connectivity index (χ0n) is 13.1. The van der Waals surface area contributed by atoms with E-state index in [0.717, 1.165) is 37.8 Å². The summed E-state index contributed by atoms with van der Waals surface area (Å²) in [5, 5.41) is 2.87. The van der Waals surface area contributed by atoms with Crippen LogP contribution in [0.4, 0.5) is 13.2 Å². The van der Waals surface area contributed by atoms with Crippen LogP contribution in [0, 0.1) is 5.92 Å². The van der Waals surface area contributed by atoms with Gasteiger partial charge in [-0.25, -0.2) is 0 Å². The van der Waals surface area contributed by atoms with E-state index in [0.29, 0.717) is 6.54 Å². The van der Waals surface area contributed by atoms with Crippen molar-refractivity contribution in [2.24, 2.45) is 11.7 Å². The van der Waals surface area contributed by atoms with Gasteiger partial charge in [-0.2, -0.15) is 13.2 Å². The minimum Gasteiger partial charge on any atom is -0.484 e. The third-order valence-corrected chi connectivity index (χ3v) is 4.09. The number of halogens is 4. The van der Waals surface area contributed by atoms with Gasteiger partial charge in [0.2, 0.25) is 0 Å². The summed E-state index contributed by atoms with van der Waals surface area (Å²) in [5.41, 5.74) is 4.90. The highest BCUT2D eigenvalue weighted by atomic mass is 35.5. The van der Waals surface area contributed by atoms with Crippen LogP contribution in [0.5, 0.6) is 5.75 Å². The predicted octanol–water partition coefficient (Wildman–Crippen LogP) is 3.14. The lowest BCUT2D eigenvalue weighted by molar-refractivity contribution is -0.137. The van der Waals surface area contributed by atoms with Gasteiger partial charge in [0.1, 0.15) is 5.75 Å². The Hall–Kier alpha value is -1.47. The van der Waals surface area contributed by atoms with E-state index in [2.05, 4.69) is 5.32 Å². The van der Waals surface area contributed by atoms with Crippen LogP contribution in [-0.2, 0) is 11.0 Å². The van der Waals surface area contributed by atoms with Crippen molar-refractivity contribution in [3.8, 4) is 5.75 Å². The van der Waals surface area contributed by atoms with Crippen molar-refractivity contribution in [2.75, 3.05) is 13.2 Å². The van der Waals surface area contributed by atoms with Crippen molar-refractivity contribution >= 4 is 18.3 Å². The Balaban J connectivity index is 0.00000288. The third kappa shape index (κ3) is 5.87. The quantitative estimate of drug-likeness (QED) is 0.841. The summed E-state index contributed by atoms with van der Waals surface area (Å²) in [6, 6.07) is 4.51. The molecule has 136 valence electrons. The van der Waals surface area contributed by atoms with Crippen LogP contribution < -0.4 is 15.8 Å². The third-order valence-electron chi connectivity index (χ3n) is 4.09. The zero-order valence-corrected chi connectivity index (χ0v) is 14.0. The first-order valence-electron chi connectivity index (χ1n) is 7.69. The van der Waals surface area contributed by atoms with Gasteiger partial charge in [0.25, 0.3) is 5.91 Å². The van der Waals surface area contributed by atoms with Crippen molar-refractivity contribution in [1.29, 1.82) is 0 Å². The molecule has 1 saturated carbocycles. The fraction of sp³-hybridized carbons (Fsp3) is 0.562. The largest absolute Gasteiger partial charge is 0.484 e. The summed E-state index contributed by atoms with van der Waals surface area (Å²) >= 11 is 0. The summed E-state index contributed by atoms with van der Waals surface area (Å²) in [6.07, 6.45) is -0.434. The molecule has 0 aromatic heterocycles. The molecular weight excluding hydrogens is 345 g/mol. The number of nitrogens with two attached hydrogens (primary N) is 1. The predicted molar refractivity (Wildman–Crippen MR) is 87.1 cm³/mol. The van der Waals surface area contributed by atoms with Crippen molar-refractivity contribution in [3.63, 3.8) is 0 Å². The summed E-state index contributed by atoms with van der Waals surface area (Å²) in [7, 11) is 0. The molecule has 1 fully saturated rings. The number of ether oxygens (including phenoxy) is 1. The minimum absolute atomic E-state index is 0. The summed E-state index contributed by atoms with van der Waals surface area (Å²) in [6.45, 7) is 0.203. The molecule has 0 aliphatic heterocycles. The Kier molecular flexibility index (Phi) is 7.83. The molecule has 0 radical (unpaired) electrons. The molecule has 8 heteroatoms. The van der Waals surface area contributed by atoms with E-state index in [1.807, 2.05) is 0 Å². The van der Waals surface area contributed by atoms with Gasteiger partial charge in [0.05, 0.1) is 5.56 Å². The first-order chi connectivity index (χ1) is 10.9. The number of hydrogen-bond donors (Lipinski definition) is 2. The number of amides is 1. The molecule has 0 spiro atoms. The second kappa shape index (κ2) is 9.13. The fourth-order valence-electron chi connectivity index (χ4n) is 2.84. The van der Waals surface area contributed by atoms with Gasteiger partial charge in [-0.15, -0.1) is 12.4 Å². The maximum absolute atomic E-state index is 12.6. The van der Waals surface area contributed by atoms with Crippen LogP contribution in [0.2, 0.25) is 0 Å². The molecule has 2 unspecified atom stereocenters. The molecule has 1 aromatic rings. The number of alkyl halides is 3. The van der Waals surface area contributed by atoms with Crippen LogP contribution in [-0.4, -0.2) is 25.1 Å². The number of carbonyl (C=O) groups is 1. The first-order valence-corrected chi connectivity index (χ1v) is 7.69. The van der Waals surface area contributed by atoms with E-state index >= 15 is 0 Å². The molecule has 0 saturated heterocycles. The van der Waals surface area contributed by atoms with E-state index < -0.39 is 11.7 Å². The number of carbonyl (C=O) groups excluding carboxylic acids is 1. The topological polar surface area (TPSA) is 64.3 Å². The minimum atomic E-state index is -4.43. The van der Waals surface area contributed by atoms with Crippen LogP contribution in [0.1, 0.15) is 31.2 Å². The summed E-state index contributed by atoms with van der Waals surface area (Å²) in [4.78, 5) is 11.9. The molecule has 0 bridgehead atoms. The van der Waals surface area contributed by atoms with Crippen LogP contribution in [0.3, 0.4) is 0 Å². The highest BCUT2D eigenvalue weighted by Gasteiger charge is 2.30. The molecule has 4 nitrogen and oxygen atoms in total. The lowest BCUT2D eigenvalue weighted by atomic mass is 9.84. The fourth-order valence-corrected chi connectivity index (χ4v) is 2.84. The van der Waals surface area contributed by atoms with Gasteiger partial charge in [-0.05, 0) is 43.5 Å². The van der Waals surface area contributed by atoms with Crippen molar-refractivity contribution in [3.05, 3.63) is 29.8 Å². The van der Waals surface area contributed by atoms with Crippen LogP contribution in [0.25, 0.3) is 0 Å². The molecule has 0 heterocycles. The maximum Gasteiger partial charge on any atom is 0.416 e. The molecule has 2 atom stereocenters. The second-order valence-corrected chi connectivity index (χ2v) is 5.77. The molecular formula is C16H22ClF3N2O2. The van der Waals surface area contributed by atoms with Crippen molar-refractivity contribution < 1.29 is 22.7 Å². The zero-order chi connectivity index (χ0) is 16.9. The number of rotatable bonds is 5. The van der Waals surface area contributed by atoms with Gasteiger partial charge in [0, 0.05) is 6.04 Å². The highest BCUT2D eigenvalue weighted by Crippen LogP contribution is 2.31. The Labute approximate surface area is 145 Å². The molecule has 3 N–H and O–H groups in total. The lowest BCUT2D eigenvalue weighted by Gasteiger charge is -2.31. The SMILES string of the molecule is Cl.NCC1CCCCC1NC(=O)COc1cccc(C(F)(F)F)c1. The second-order valence-electron chi connectivity index (χ2n) is 5.77. The number of benzene rings is 1.